The van der Waals surface area contributed by atoms with E-state index in [0.29, 0.717) is 13.1 Å². The van der Waals surface area contributed by atoms with Gasteiger partial charge >= 0.3 is 0 Å². The molecule has 6 nitrogen and oxygen atoms in total. The maximum Gasteiger partial charge on any atom is 0.233 e. The van der Waals surface area contributed by atoms with Crippen LogP contribution in [0.5, 0.6) is 0 Å². The molecule has 1 fully saturated rings. The molecule has 1 saturated heterocycles. The summed E-state index contributed by atoms with van der Waals surface area (Å²) in [4.78, 5) is 36.5. The van der Waals surface area contributed by atoms with Crippen molar-refractivity contribution in [3.8, 4) is 0 Å². The highest BCUT2D eigenvalue weighted by atomic mass is 16.2. The molecule has 108 valence electrons. The van der Waals surface area contributed by atoms with E-state index in [-0.39, 0.29) is 48.9 Å². The fourth-order valence-corrected chi connectivity index (χ4v) is 2.09. The lowest BCUT2D eigenvalue weighted by Gasteiger charge is -2.16. The van der Waals surface area contributed by atoms with Crippen LogP contribution in [0.15, 0.2) is 0 Å². The highest BCUT2D eigenvalue weighted by molar-refractivity contribution is 6.03. The number of nitrogens with zero attached hydrogens (tertiary/aromatic N) is 1. The molecule has 6 heteroatoms. The molecule has 0 bridgehead atoms. The van der Waals surface area contributed by atoms with E-state index in [2.05, 4.69) is 10.6 Å². The van der Waals surface area contributed by atoms with Crippen LogP contribution in [0.2, 0.25) is 0 Å². The average Bonchev–Trinajstić information content (AvgIpc) is 2.63. The van der Waals surface area contributed by atoms with E-state index < -0.39 is 0 Å². The van der Waals surface area contributed by atoms with Crippen LogP contribution in [-0.2, 0) is 14.4 Å². The Balaban J connectivity index is 2.39. The molecule has 0 aromatic carbocycles. The summed E-state index contributed by atoms with van der Waals surface area (Å²) < 4.78 is 0. The Kier molecular flexibility index (Phi) is 5.95. The fourth-order valence-electron chi connectivity index (χ4n) is 2.09. The van der Waals surface area contributed by atoms with Crippen LogP contribution >= 0.6 is 0 Å². The summed E-state index contributed by atoms with van der Waals surface area (Å²) in [6.07, 6.45) is 0.448. The molecule has 2 N–H and O–H groups in total. The van der Waals surface area contributed by atoms with Crippen molar-refractivity contribution in [1.29, 1.82) is 0 Å². The number of nitrogens with one attached hydrogen (secondary N) is 2. The fraction of sp³-hybridized carbons (Fsp3) is 0.769. The number of imide groups is 1. The van der Waals surface area contributed by atoms with E-state index in [0.717, 1.165) is 0 Å². The number of likely N-dealkylation sites (tertiary alicyclic amines) is 1. The maximum absolute atomic E-state index is 12.0. The molecular formula is C13H23N3O3. The molecular weight excluding hydrogens is 246 g/mol. The second-order valence-electron chi connectivity index (χ2n) is 5.14. The van der Waals surface area contributed by atoms with E-state index >= 15 is 0 Å². The van der Waals surface area contributed by atoms with Crippen molar-refractivity contribution < 1.29 is 14.4 Å². The zero-order chi connectivity index (χ0) is 14.4. The van der Waals surface area contributed by atoms with Gasteiger partial charge in [-0.3, -0.25) is 19.3 Å². The number of hydrogen-bond donors (Lipinski definition) is 2. The summed E-state index contributed by atoms with van der Waals surface area (Å²) in [5.74, 6) is -0.496. The predicted molar refractivity (Wildman–Crippen MR) is 71.2 cm³/mol. The minimum Gasteiger partial charge on any atom is -0.355 e. The second-order valence-corrected chi connectivity index (χ2v) is 5.14. The first-order valence-electron chi connectivity index (χ1n) is 6.72. The Bertz CT molecular complexity index is 355. The lowest BCUT2D eigenvalue weighted by atomic mass is 9.94. The first-order chi connectivity index (χ1) is 8.97. The Morgan fingerprint density at radius 2 is 2.05 bits per heavy atom. The Labute approximate surface area is 113 Å². The number of hydrogen-bond acceptors (Lipinski definition) is 4. The predicted octanol–water partition coefficient (Wildman–Crippen LogP) is -0.257. The topological polar surface area (TPSA) is 78.5 Å². The van der Waals surface area contributed by atoms with Crippen LogP contribution < -0.4 is 10.6 Å². The highest BCUT2D eigenvalue weighted by Crippen LogP contribution is 2.26. The van der Waals surface area contributed by atoms with Crippen molar-refractivity contribution in [3.05, 3.63) is 0 Å². The first kappa shape index (κ1) is 15.6. The van der Waals surface area contributed by atoms with Crippen LogP contribution in [0.4, 0.5) is 0 Å². The summed E-state index contributed by atoms with van der Waals surface area (Å²) in [5.41, 5.74) is 0. The molecule has 0 saturated carbocycles. The van der Waals surface area contributed by atoms with Gasteiger partial charge in [0.05, 0.1) is 0 Å². The lowest BCUT2D eigenvalue weighted by molar-refractivity contribution is -0.140. The lowest BCUT2D eigenvalue weighted by Crippen LogP contribution is -2.37. The van der Waals surface area contributed by atoms with Crippen molar-refractivity contribution in [1.82, 2.24) is 15.5 Å². The van der Waals surface area contributed by atoms with Crippen LogP contribution in [0.3, 0.4) is 0 Å². The zero-order valence-electron chi connectivity index (χ0n) is 11.9. The summed E-state index contributed by atoms with van der Waals surface area (Å²) in [6, 6.07) is 0. The minimum absolute atomic E-state index is 0.135. The average molecular weight is 269 g/mol. The second kappa shape index (κ2) is 7.23. The largest absolute Gasteiger partial charge is 0.355 e. The quantitative estimate of drug-likeness (QED) is 0.493. The molecule has 0 aromatic heterocycles. The Hall–Kier alpha value is -1.43. The van der Waals surface area contributed by atoms with Gasteiger partial charge in [-0.15, -0.1) is 0 Å². The monoisotopic (exact) mass is 269 g/mol. The molecule has 0 aliphatic carbocycles. The van der Waals surface area contributed by atoms with Crippen LogP contribution in [0.1, 0.15) is 26.7 Å². The van der Waals surface area contributed by atoms with Gasteiger partial charge in [0.15, 0.2) is 0 Å². The third kappa shape index (κ3) is 4.31. The Morgan fingerprint density at radius 3 is 2.58 bits per heavy atom. The standard InChI is InChI=1S/C13H23N3O3/c1-9(2)10-8-12(18)16(13(10)19)7-4-11(17)15-6-5-14-3/h9-10,14H,4-8H2,1-3H3,(H,15,17). The molecule has 1 aliphatic rings. The van der Waals surface area contributed by atoms with Gasteiger partial charge in [0.1, 0.15) is 0 Å². The van der Waals surface area contributed by atoms with Crippen molar-refractivity contribution in [2.75, 3.05) is 26.7 Å². The zero-order valence-corrected chi connectivity index (χ0v) is 11.9. The van der Waals surface area contributed by atoms with Crippen molar-refractivity contribution in [2.24, 2.45) is 11.8 Å². The number of likely N-dealkylation sites (N-methyl/N-ethyl adjacent to an activating group) is 1. The van der Waals surface area contributed by atoms with Crippen LogP contribution in [-0.4, -0.2) is 49.3 Å². The molecule has 3 amide bonds. The van der Waals surface area contributed by atoms with Gasteiger partial charge < -0.3 is 10.6 Å². The summed E-state index contributed by atoms with van der Waals surface area (Å²) in [7, 11) is 1.81. The summed E-state index contributed by atoms with van der Waals surface area (Å²) in [5, 5.41) is 5.64. The summed E-state index contributed by atoms with van der Waals surface area (Å²) in [6.45, 7) is 5.30. The molecule has 1 aliphatic heterocycles. The number of rotatable bonds is 7. The minimum atomic E-state index is -0.222. The van der Waals surface area contributed by atoms with Gasteiger partial charge in [0, 0.05) is 38.4 Å². The van der Waals surface area contributed by atoms with Gasteiger partial charge in [-0.1, -0.05) is 13.8 Å². The first-order valence-corrected chi connectivity index (χ1v) is 6.72. The summed E-state index contributed by atoms with van der Waals surface area (Å²) >= 11 is 0. The van der Waals surface area contributed by atoms with E-state index in [1.54, 1.807) is 7.05 Å². The van der Waals surface area contributed by atoms with Gasteiger partial charge in [-0.25, -0.2) is 0 Å². The van der Waals surface area contributed by atoms with Crippen molar-refractivity contribution >= 4 is 17.7 Å². The van der Waals surface area contributed by atoms with Crippen molar-refractivity contribution in [2.45, 2.75) is 26.7 Å². The van der Waals surface area contributed by atoms with E-state index in [1.807, 2.05) is 13.8 Å². The highest BCUT2D eigenvalue weighted by Gasteiger charge is 2.39. The molecule has 1 atom stereocenters. The molecule has 1 unspecified atom stereocenters. The molecule has 0 aromatic rings. The van der Waals surface area contributed by atoms with Crippen molar-refractivity contribution in [3.63, 3.8) is 0 Å². The molecule has 1 heterocycles. The normalized spacial score (nSPS) is 19.4. The van der Waals surface area contributed by atoms with Gasteiger partial charge in [-0.05, 0) is 13.0 Å². The molecule has 19 heavy (non-hydrogen) atoms. The maximum atomic E-state index is 12.0. The van der Waals surface area contributed by atoms with Crippen LogP contribution in [0, 0.1) is 11.8 Å². The number of carbonyl (C=O) groups is 3. The third-order valence-corrected chi connectivity index (χ3v) is 3.34. The van der Waals surface area contributed by atoms with Gasteiger partial charge in [-0.2, -0.15) is 0 Å². The van der Waals surface area contributed by atoms with E-state index in [9.17, 15) is 14.4 Å². The SMILES string of the molecule is CNCCNC(=O)CCN1C(=O)CC(C(C)C)C1=O. The number of amides is 3. The third-order valence-electron chi connectivity index (χ3n) is 3.34. The van der Waals surface area contributed by atoms with Gasteiger partial charge in [0.25, 0.3) is 0 Å². The molecule has 0 spiro atoms. The Morgan fingerprint density at radius 1 is 1.37 bits per heavy atom. The van der Waals surface area contributed by atoms with Gasteiger partial charge in [0.2, 0.25) is 17.7 Å². The van der Waals surface area contributed by atoms with E-state index in [1.165, 1.54) is 4.90 Å². The smallest absolute Gasteiger partial charge is 0.233 e. The number of carbonyl (C=O) groups excluding carboxylic acids is 3. The van der Waals surface area contributed by atoms with Crippen LogP contribution in [0.25, 0.3) is 0 Å². The molecule has 1 rings (SSSR count). The molecule has 0 radical (unpaired) electrons. The van der Waals surface area contributed by atoms with E-state index in [4.69, 9.17) is 0 Å².